The molecule has 16 heavy (non-hydrogen) atoms. The third kappa shape index (κ3) is 2.10. The highest BCUT2D eigenvalue weighted by molar-refractivity contribution is 6.32. The predicted octanol–water partition coefficient (Wildman–Crippen LogP) is 1.62. The van der Waals surface area contributed by atoms with E-state index in [2.05, 4.69) is 0 Å². The highest BCUT2D eigenvalue weighted by atomic mass is 35.5. The maximum absolute atomic E-state index is 13.4. The Morgan fingerprint density at radius 3 is 2.69 bits per heavy atom. The zero-order chi connectivity index (χ0) is 12.5. The summed E-state index contributed by atoms with van der Waals surface area (Å²) in [5, 5.41) is 18.3. The monoisotopic (exact) mass is 247 g/mol. The minimum absolute atomic E-state index is 0.0414. The third-order valence-electron chi connectivity index (χ3n) is 2.38. The molecule has 6 heteroatoms. The van der Waals surface area contributed by atoms with Crippen LogP contribution in [0.5, 0.6) is 5.75 Å². The molecule has 88 valence electrons. The summed E-state index contributed by atoms with van der Waals surface area (Å²) in [6.07, 6.45) is 0. The largest absolute Gasteiger partial charge is 0.506 e. The molecule has 1 aromatic rings. The number of aromatic hydroxyl groups is 1. The molecular formula is C10H11ClFNO3. The number of hydrogen-bond donors (Lipinski definition) is 3. The van der Waals surface area contributed by atoms with Crippen LogP contribution in [0.3, 0.4) is 0 Å². The van der Waals surface area contributed by atoms with E-state index in [1.54, 1.807) is 0 Å². The van der Waals surface area contributed by atoms with Gasteiger partial charge in [0, 0.05) is 12.1 Å². The molecule has 4 N–H and O–H groups in total. The van der Waals surface area contributed by atoms with Gasteiger partial charge < -0.3 is 15.9 Å². The van der Waals surface area contributed by atoms with E-state index in [0.29, 0.717) is 0 Å². The van der Waals surface area contributed by atoms with Gasteiger partial charge in [0.1, 0.15) is 11.6 Å². The molecule has 0 spiro atoms. The van der Waals surface area contributed by atoms with Gasteiger partial charge >= 0.3 is 5.97 Å². The van der Waals surface area contributed by atoms with Gasteiger partial charge in [0.2, 0.25) is 0 Å². The summed E-state index contributed by atoms with van der Waals surface area (Å²) in [6.45, 7) is 1.12. The number of carboxylic acid groups (broad SMARTS) is 1. The first-order valence-corrected chi connectivity index (χ1v) is 4.88. The molecule has 1 rings (SSSR count). The Labute approximate surface area is 96.4 Å². The maximum atomic E-state index is 13.4. The van der Waals surface area contributed by atoms with E-state index in [9.17, 15) is 14.3 Å². The molecule has 1 atom stereocenters. The van der Waals surface area contributed by atoms with Crippen LogP contribution in [0.2, 0.25) is 5.02 Å². The summed E-state index contributed by atoms with van der Waals surface area (Å²) >= 11 is 5.57. The lowest BCUT2D eigenvalue weighted by atomic mass is 9.93. The molecular weight excluding hydrogens is 237 g/mol. The zero-order valence-electron chi connectivity index (χ0n) is 8.50. The molecule has 0 heterocycles. The lowest BCUT2D eigenvalue weighted by Gasteiger charge is -2.16. The quantitative estimate of drug-likeness (QED) is 0.758. The topological polar surface area (TPSA) is 83.5 Å². The molecule has 0 saturated carbocycles. The third-order valence-corrected chi connectivity index (χ3v) is 2.67. The second-order valence-electron chi connectivity index (χ2n) is 3.35. The van der Waals surface area contributed by atoms with Gasteiger partial charge in [-0.3, -0.25) is 4.79 Å². The van der Waals surface area contributed by atoms with E-state index in [-0.39, 0.29) is 22.7 Å². The first-order chi connectivity index (χ1) is 7.40. The fourth-order valence-electron chi connectivity index (χ4n) is 1.49. The summed E-state index contributed by atoms with van der Waals surface area (Å²) in [4.78, 5) is 10.9. The van der Waals surface area contributed by atoms with E-state index in [4.69, 9.17) is 22.4 Å². The summed E-state index contributed by atoms with van der Waals surface area (Å²) in [6, 6.07) is 0.936. The average Bonchev–Trinajstić information content (AvgIpc) is 2.21. The van der Waals surface area contributed by atoms with Crippen LogP contribution in [0.15, 0.2) is 6.07 Å². The van der Waals surface area contributed by atoms with Crippen LogP contribution in [0.25, 0.3) is 0 Å². The van der Waals surface area contributed by atoms with Crippen LogP contribution in [-0.4, -0.2) is 22.7 Å². The Kier molecular flexibility index (Phi) is 3.72. The van der Waals surface area contributed by atoms with Crippen molar-refractivity contribution in [3.05, 3.63) is 28.0 Å². The van der Waals surface area contributed by atoms with Gasteiger partial charge in [-0.2, -0.15) is 0 Å². The van der Waals surface area contributed by atoms with Gasteiger partial charge in [-0.15, -0.1) is 0 Å². The van der Waals surface area contributed by atoms with Crippen molar-refractivity contribution in [2.24, 2.45) is 5.73 Å². The van der Waals surface area contributed by atoms with Gasteiger partial charge in [-0.05, 0) is 18.6 Å². The van der Waals surface area contributed by atoms with Crippen molar-refractivity contribution in [3.63, 3.8) is 0 Å². The predicted molar refractivity (Wildman–Crippen MR) is 57.2 cm³/mol. The first-order valence-electron chi connectivity index (χ1n) is 4.50. The molecule has 0 bridgehead atoms. The van der Waals surface area contributed by atoms with Gasteiger partial charge in [0.15, 0.2) is 0 Å². The van der Waals surface area contributed by atoms with Gasteiger partial charge in [0.05, 0.1) is 10.9 Å². The summed E-state index contributed by atoms with van der Waals surface area (Å²) < 4.78 is 13.4. The number of aliphatic carboxylic acids is 1. The number of rotatable bonds is 3. The SMILES string of the molecule is Cc1c(F)cc(Cl)c(O)c1C(CN)C(=O)O. The van der Waals surface area contributed by atoms with Crippen LogP contribution >= 0.6 is 11.6 Å². The van der Waals surface area contributed by atoms with Crippen LogP contribution in [-0.2, 0) is 4.79 Å². The van der Waals surface area contributed by atoms with Crippen molar-refractivity contribution < 1.29 is 19.4 Å². The van der Waals surface area contributed by atoms with Gasteiger partial charge in [-0.25, -0.2) is 4.39 Å². The lowest BCUT2D eigenvalue weighted by Crippen LogP contribution is -2.22. The molecule has 0 aliphatic rings. The van der Waals surface area contributed by atoms with Crippen molar-refractivity contribution in [1.82, 2.24) is 0 Å². The Balaban J connectivity index is 3.47. The van der Waals surface area contributed by atoms with Crippen LogP contribution < -0.4 is 5.73 Å². The maximum Gasteiger partial charge on any atom is 0.312 e. The molecule has 0 amide bonds. The van der Waals surface area contributed by atoms with Crippen molar-refractivity contribution in [2.75, 3.05) is 6.54 Å². The Morgan fingerprint density at radius 2 is 2.25 bits per heavy atom. The van der Waals surface area contributed by atoms with Crippen LogP contribution in [0.4, 0.5) is 4.39 Å². The van der Waals surface area contributed by atoms with E-state index < -0.39 is 23.5 Å². The normalized spacial score (nSPS) is 12.5. The number of carbonyl (C=O) groups is 1. The zero-order valence-corrected chi connectivity index (χ0v) is 9.25. The highest BCUT2D eigenvalue weighted by Gasteiger charge is 2.26. The number of benzene rings is 1. The number of hydrogen-bond acceptors (Lipinski definition) is 3. The second kappa shape index (κ2) is 4.67. The second-order valence-corrected chi connectivity index (χ2v) is 3.76. The summed E-state index contributed by atoms with van der Waals surface area (Å²) in [5.74, 6) is -3.51. The molecule has 0 radical (unpaired) electrons. The van der Waals surface area contributed by atoms with Crippen LogP contribution in [0.1, 0.15) is 17.0 Å². The molecule has 1 unspecified atom stereocenters. The van der Waals surface area contributed by atoms with Crippen molar-refractivity contribution >= 4 is 17.6 Å². The Morgan fingerprint density at radius 1 is 1.69 bits per heavy atom. The molecule has 0 fully saturated rings. The van der Waals surface area contributed by atoms with Gasteiger partial charge in [-0.1, -0.05) is 11.6 Å². The number of carboxylic acids is 1. The molecule has 0 aromatic heterocycles. The standard InChI is InChI=1S/C10H11ClFNO3/c1-4-7(12)2-6(11)9(14)8(4)5(3-13)10(15)16/h2,5,14H,3,13H2,1H3,(H,15,16). The fourth-order valence-corrected chi connectivity index (χ4v) is 1.69. The average molecular weight is 248 g/mol. The Bertz CT molecular complexity index is 410. The fraction of sp³-hybridized carbons (Fsp3) is 0.300. The number of phenolic OH excluding ortho intramolecular Hbond substituents is 1. The number of nitrogens with two attached hydrogens (primary N) is 1. The first kappa shape index (κ1) is 12.7. The van der Waals surface area contributed by atoms with Crippen LogP contribution in [0, 0.1) is 12.7 Å². The molecule has 4 nitrogen and oxygen atoms in total. The minimum atomic E-state index is -1.23. The Hall–Kier alpha value is -1.33. The molecule has 0 aliphatic heterocycles. The van der Waals surface area contributed by atoms with Crippen molar-refractivity contribution in [3.8, 4) is 5.75 Å². The molecule has 0 saturated heterocycles. The van der Waals surface area contributed by atoms with E-state index >= 15 is 0 Å². The summed E-state index contributed by atoms with van der Waals surface area (Å²) in [5.41, 5.74) is 5.26. The lowest BCUT2D eigenvalue weighted by molar-refractivity contribution is -0.138. The number of phenols is 1. The highest BCUT2D eigenvalue weighted by Crippen LogP contribution is 2.36. The van der Waals surface area contributed by atoms with Crippen molar-refractivity contribution in [1.29, 1.82) is 0 Å². The minimum Gasteiger partial charge on any atom is -0.506 e. The molecule has 0 aliphatic carbocycles. The number of halogens is 2. The van der Waals surface area contributed by atoms with E-state index in [1.165, 1.54) is 6.92 Å². The summed E-state index contributed by atoms with van der Waals surface area (Å²) in [7, 11) is 0. The smallest absolute Gasteiger partial charge is 0.312 e. The van der Waals surface area contributed by atoms with Gasteiger partial charge in [0.25, 0.3) is 0 Å². The van der Waals surface area contributed by atoms with Crippen molar-refractivity contribution in [2.45, 2.75) is 12.8 Å². The van der Waals surface area contributed by atoms with E-state index in [0.717, 1.165) is 6.07 Å². The van der Waals surface area contributed by atoms with E-state index in [1.807, 2.05) is 0 Å². The molecule has 1 aromatic carbocycles.